The minimum absolute atomic E-state index is 0.261. The number of rotatable bonds is 1. The number of nitriles is 1. The van der Waals surface area contributed by atoms with Crippen molar-refractivity contribution in [3.63, 3.8) is 0 Å². The third kappa shape index (κ3) is 2.12. The van der Waals surface area contributed by atoms with Gasteiger partial charge in [-0.2, -0.15) is 10.4 Å². The largest absolute Gasteiger partial charge is 0.268 e. The number of fused-ring (bicyclic) bond motifs is 1. The van der Waals surface area contributed by atoms with Crippen molar-refractivity contribution in [2.45, 2.75) is 25.7 Å². The molecule has 20 heavy (non-hydrogen) atoms. The molecule has 0 bridgehead atoms. The second kappa shape index (κ2) is 4.93. The van der Waals surface area contributed by atoms with Crippen LogP contribution < -0.4 is 5.56 Å². The fourth-order valence-corrected chi connectivity index (χ4v) is 2.72. The van der Waals surface area contributed by atoms with Crippen LogP contribution in [0, 0.1) is 11.3 Å². The molecule has 0 aliphatic heterocycles. The Bertz CT molecular complexity index is 768. The first-order valence-corrected chi connectivity index (χ1v) is 6.79. The molecule has 0 fully saturated rings. The van der Waals surface area contributed by atoms with E-state index < -0.39 is 0 Å². The van der Waals surface area contributed by atoms with E-state index in [2.05, 4.69) is 23.3 Å². The maximum atomic E-state index is 11.6. The average molecular weight is 265 g/mol. The molecule has 1 aromatic carbocycles. The molecule has 1 aliphatic carbocycles. The quantitative estimate of drug-likeness (QED) is 0.794. The summed E-state index contributed by atoms with van der Waals surface area (Å²) in [6.07, 6.45) is 4.66. The lowest BCUT2D eigenvalue weighted by atomic mass is 9.89. The Morgan fingerprint density at radius 3 is 2.70 bits per heavy atom. The summed E-state index contributed by atoms with van der Waals surface area (Å²) < 4.78 is 1.27. The average Bonchev–Trinajstić information content (AvgIpc) is 2.49. The Balaban J connectivity index is 2.16. The van der Waals surface area contributed by atoms with E-state index in [-0.39, 0.29) is 5.56 Å². The summed E-state index contributed by atoms with van der Waals surface area (Å²) >= 11 is 0. The maximum Gasteiger partial charge on any atom is 0.267 e. The Morgan fingerprint density at radius 2 is 1.95 bits per heavy atom. The van der Waals surface area contributed by atoms with Crippen LogP contribution in [0.3, 0.4) is 0 Å². The van der Waals surface area contributed by atoms with Crippen LogP contribution in [0.15, 0.2) is 29.1 Å². The van der Waals surface area contributed by atoms with Crippen molar-refractivity contribution in [2.24, 2.45) is 7.05 Å². The third-order valence-corrected chi connectivity index (χ3v) is 3.83. The van der Waals surface area contributed by atoms with Gasteiger partial charge < -0.3 is 0 Å². The van der Waals surface area contributed by atoms with Crippen LogP contribution in [0.5, 0.6) is 0 Å². The van der Waals surface area contributed by atoms with Crippen LogP contribution >= 0.6 is 0 Å². The molecule has 100 valence electrons. The van der Waals surface area contributed by atoms with Gasteiger partial charge in [0.1, 0.15) is 11.8 Å². The first-order chi connectivity index (χ1) is 9.69. The van der Waals surface area contributed by atoms with Gasteiger partial charge in [-0.25, -0.2) is 4.68 Å². The molecule has 0 radical (unpaired) electrons. The zero-order valence-electron chi connectivity index (χ0n) is 11.4. The van der Waals surface area contributed by atoms with E-state index in [0.717, 1.165) is 18.4 Å². The van der Waals surface area contributed by atoms with Gasteiger partial charge in [-0.3, -0.25) is 4.79 Å². The summed E-state index contributed by atoms with van der Waals surface area (Å²) in [4.78, 5) is 11.6. The van der Waals surface area contributed by atoms with Gasteiger partial charge in [0, 0.05) is 18.7 Å². The molecule has 4 nitrogen and oxygen atoms in total. The third-order valence-electron chi connectivity index (χ3n) is 3.83. The van der Waals surface area contributed by atoms with Crippen molar-refractivity contribution in [1.29, 1.82) is 5.26 Å². The zero-order valence-corrected chi connectivity index (χ0v) is 11.4. The van der Waals surface area contributed by atoms with E-state index in [1.54, 1.807) is 7.05 Å². The number of aromatic nitrogens is 2. The van der Waals surface area contributed by atoms with Crippen LogP contribution in [-0.2, 0) is 19.9 Å². The van der Waals surface area contributed by atoms with Crippen LogP contribution in [0.4, 0.5) is 0 Å². The first-order valence-electron chi connectivity index (χ1n) is 6.79. The monoisotopic (exact) mass is 265 g/mol. The summed E-state index contributed by atoms with van der Waals surface area (Å²) in [5.74, 6) is 0. The second-order valence-electron chi connectivity index (χ2n) is 5.17. The van der Waals surface area contributed by atoms with Crippen molar-refractivity contribution in [3.8, 4) is 17.3 Å². The van der Waals surface area contributed by atoms with Crippen molar-refractivity contribution in [2.75, 3.05) is 0 Å². The lowest BCUT2D eigenvalue weighted by Crippen LogP contribution is -2.20. The van der Waals surface area contributed by atoms with E-state index in [0.29, 0.717) is 11.3 Å². The molecule has 0 N–H and O–H groups in total. The SMILES string of the molecule is Cn1nc(-c2ccc3c(c2)CCCC3)c(C#N)cc1=O. The van der Waals surface area contributed by atoms with Crippen LogP contribution in [-0.4, -0.2) is 9.78 Å². The highest BCUT2D eigenvalue weighted by atomic mass is 16.1. The van der Waals surface area contributed by atoms with Crippen molar-refractivity contribution < 1.29 is 0 Å². The highest BCUT2D eigenvalue weighted by Crippen LogP contribution is 2.27. The molecular formula is C16H15N3O. The smallest absolute Gasteiger partial charge is 0.267 e. The van der Waals surface area contributed by atoms with E-state index in [1.807, 2.05) is 6.07 Å². The molecule has 0 unspecified atom stereocenters. The lowest BCUT2D eigenvalue weighted by Gasteiger charge is -2.16. The predicted octanol–water partition coefficient (Wildman–Crippen LogP) is 2.20. The predicted molar refractivity (Wildman–Crippen MR) is 76.3 cm³/mol. The molecule has 3 rings (SSSR count). The van der Waals surface area contributed by atoms with Gasteiger partial charge in [-0.15, -0.1) is 0 Å². The molecule has 0 saturated carbocycles. The van der Waals surface area contributed by atoms with Gasteiger partial charge in [0.2, 0.25) is 0 Å². The van der Waals surface area contributed by atoms with Crippen molar-refractivity contribution >= 4 is 0 Å². The molecule has 1 aliphatic rings. The molecule has 1 aromatic heterocycles. The second-order valence-corrected chi connectivity index (χ2v) is 5.17. The molecule has 2 aromatic rings. The number of benzene rings is 1. The van der Waals surface area contributed by atoms with Crippen molar-refractivity contribution in [1.82, 2.24) is 9.78 Å². The minimum Gasteiger partial charge on any atom is -0.268 e. The molecule has 0 spiro atoms. The Hall–Kier alpha value is -2.41. The fraction of sp³-hybridized carbons (Fsp3) is 0.312. The van der Waals surface area contributed by atoms with Gasteiger partial charge in [0.15, 0.2) is 0 Å². The van der Waals surface area contributed by atoms with E-state index in [4.69, 9.17) is 0 Å². The number of aryl methyl sites for hydroxylation is 3. The topological polar surface area (TPSA) is 58.7 Å². The van der Waals surface area contributed by atoms with E-state index in [1.165, 1.54) is 34.7 Å². The maximum absolute atomic E-state index is 11.6. The summed E-state index contributed by atoms with van der Waals surface area (Å²) in [5.41, 5.74) is 4.31. The molecule has 1 heterocycles. The molecular weight excluding hydrogens is 250 g/mol. The Kier molecular flexibility index (Phi) is 3.11. The Labute approximate surface area is 117 Å². The normalized spacial score (nSPS) is 13.6. The lowest BCUT2D eigenvalue weighted by molar-refractivity contribution is 0.685. The fourth-order valence-electron chi connectivity index (χ4n) is 2.72. The van der Waals surface area contributed by atoms with E-state index in [9.17, 15) is 10.1 Å². The van der Waals surface area contributed by atoms with Gasteiger partial charge in [0.05, 0.1) is 5.56 Å². The number of hydrogen-bond donors (Lipinski definition) is 0. The molecule has 4 heteroatoms. The summed E-state index contributed by atoms with van der Waals surface area (Å²) in [5, 5.41) is 13.4. The summed E-state index contributed by atoms with van der Waals surface area (Å²) in [6, 6.07) is 9.65. The number of nitrogens with zero attached hydrogens (tertiary/aromatic N) is 3. The first kappa shape index (κ1) is 12.6. The van der Waals surface area contributed by atoms with Crippen molar-refractivity contribution in [3.05, 3.63) is 51.3 Å². The minimum atomic E-state index is -0.261. The molecule has 0 saturated heterocycles. The standard InChI is InChI=1S/C16H15N3O/c1-19-15(20)9-14(10-17)16(18-19)13-7-6-11-4-2-3-5-12(11)8-13/h6-9H,2-5H2,1H3. The highest BCUT2D eigenvalue weighted by Gasteiger charge is 2.14. The number of hydrogen-bond acceptors (Lipinski definition) is 3. The van der Waals surface area contributed by atoms with Crippen LogP contribution in [0.1, 0.15) is 29.5 Å². The van der Waals surface area contributed by atoms with Crippen LogP contribution in [0.25, 0.3) is 11.3 Å². The molecule has 0 amide bonds. The summed E-state index contributed by atoms with van der Waals surface area (Å²) in [6.45, 7) is 0. The molecule has 0 atom stereocenters. The highest BCUT2D eigenvalue weighted by molar-refractivity contribution is 5.67. The van der Waals surface area contributed by atoms with Gasteiger partial charge >= 0.3 is 0 Å². The van der Waals surface area contributed by atoms with E-state index >= 15 is 0 Å². The van der Waals surface area contributed by atoms with Crippen LogP contribution in [0.2, 0.25) is 0 Å². The zero-order chi connectivity index (χ0) is 14.1. The van der Waals surface area contributed by atoms with Gasteiger partial charge in [0.25, 0.3) is 5.56 Å². The van der Waals surface area contributed by atoms with Gasteiger partial charge in [-0.05, 0) is 42.9 Å². The van der Waals surface area contributed by atoms with Gasteiger partial charge in [-0.1, -0.05) is 12.1 Å². The Morgan fingerprint density at radius 1 is 1.20 bits per heavy atom. The summed E-state index contributed by atoms with van der Waals surface area (Å²) in [7, 11) is 1.60.